The van der Waals surface area contributed by atoms with Crippen LogP contribution in [0, 0.1) is 5.82 Å². The summed E-state index contributed by atoms with van der Waals surface area (Å²) < 4.78 is 13.5. The molecule has 1 aromatic heterocycles. The lowest BCUT2D eigenvalue weighted by molar-refractivity contribution is 0.425. The highest BCUT2D eigenvalue weighted by Crippen LogP contribution is 2.36. The van der Waals surface area contributed by atoms with Crippen LogP contribution in [0.25, 0.3) is 0 Å². The molecular weight excluding hydrogens is 398 g/mol. The Kier molecular flexibility index (Phi) is 5.75. The second kappa shape index (κ2) is 8.48. The van der Waals surface area contributed by atoms with Gasteiger partial charge in [0.2, 0.25) is 17.8 Å². The molecule has 0 fully saturated rings. The van der Waals surface area contributed by atoms with Crippen LogP contribution in [0.1, 0.15) is 18.1 Å². The first kappa shape index (κ1) is 21.0. The summed E-state index contributed by atoms with van der Waals surface area (Å²) in [6, 6.07) is 11.8. The third-order valence-corrected chi connectivity index (χ3v) is 5.23. The highest BCUT2D eigenvalue weighted by Gasteiger charge is 2.33. The van der Waals surface area contributed by atoms with Crippen LogP contribution in [0.4, 0.5) is 27.9 Å². The van der Waals surface area contributed by atoms with Gasteiger partial charge in [0.05, 0.1) is 0 Å². The molecule has 0 saturated carbocycles. The SMILES string of the molecule is CC1Cc2c(B(O)O)cccc2N1c1nc(NCc2cccc(F)c2)nc(N(C)C)n1. The monoisotopic (exact) mass is 422 g/mol. The van der Waals surface area contributed by atoms with Crippen LogP contribution < -0.4 is 20.6 Å². The summed E-state index contributed by atoms with van der Waals surface area (Å²) in [7, 11) is 2.15. The van der Waals surface area contributed by atoms with Crippen molar-refractivity contribution in [1.82, 2.24) is 15.0 Å². The standard InChI is InChI=1S/C21H24BFN6O2/c1-13-10-16-17(22(30)31)8-5-9-18(16)29(13)21-26-19(25-20(27-21)28(2)3)24-12-14-6-4-7-15(23)11-14/h4-9,11,13,30-31H,10,12H2,1-3H3,(H,24,25,26,27). The molecule has 31 heavy (non-hydrogen) atoms. The number of benzene rings is 2. The Morgan fingerprint density at radius 3 is 2.65 bits per heavy atom. The summed E-state index contributed by atoms with van der Waals surface area (Å²) in [5.41, 5.74) is 2.96. The first-order chi connectivity index (χ1) is 14.8. The van der Waals surface area contributed by atoms with Crippen molar-refractivity contribution in [2.24, 2.45) is 0 Å². The topological polar surface area (TPSA) is 97.6 Å². The highest BCUT2D eigenvalue weighted by atomic mass is 19.1. The van der Waals surface area contributed by atoms with Gasteiger partial charge >= 0.3 is 7.12 Å². The number of aromatic nitrogens is 3. The maximum Gasteiger partial charge on any atom is 0.488 e. The molecule has 3 aromatic rings. The number of fused-ring (bicyclic) bond motifs is 1. The van der Waals surface area contributed by atoms with Crippen molar-refractivity contribution in [3.8, 4) is 0 Å². The maximum absolute atomic E-state index is 13.5. The van der Waals surface area contributed by atoms with Crippen LogP contribution in [0.2, 0.25) is 0 Å². The van der Waals surface area contributed by atoms with Crippen molar-refractivity contribution in [2.45, 2.75) is 25.9 Å². The summed E-state index contributed by atoms with van der Waals surface area (Å²) in [6.07, 6.45) is 0.637. The van der Waals surface area contributed by atoms with Crippen LogP contribution in [0.5, 0.6) is 0 Å². The van der Waals surface area contributed by atoms with E-state index in [1.807, 2.05) is 38.1 Å². The van der Waals surface area contributed by atoms with Gasteiger partial charge in [-0.25, -0.2) is 4.39 Å². The first-order valence-corrected chi connectivity index (χ1v) is 10.0. The van der Waals surface area contributed by atoms with E-state index in [2.05, 4.69) is 20.3 Å². The van der Waals surface area contributed by atoms with Gasteiger partial charge in [0.15, 0.2) is 0 Å². The summed E-state index contributed by atoms with van der Waals surface area (Å²) in [4.78, 5) is 17.4. The van der Waals surface area contributed by atoms with Crippen molar-refractivity contribution in [2.75, 3.05) is 29.2 Å². The molecule has 1 atom stereocenters. The molecule has 0 amide bonds. The summed E-state index contributed by atoms with van der Waals surface area (Å²) in [5, 5.41) is 22.6. The van der Waals surface area contributed by atoms with Gasteiger partial charge in [-0.05, 0) is 48.1 Å². The minimum Gasteiger partial charge on any atom is -0.423 e. The van der Waals surface area contributed by atoms with E-state index in [4.69, 9.17) is 0 Å². The number of rotatable bonds is 6. The molecule has 1 aliphatic rings. The van der Waals surface area contributed by atoms with Crippen molar-refractivity contribution < 1.29 is 14.4 Å². The van der Waals surface area contributed by atoms with Crippen molar-refractivity contribution >= 4 is 36.1 Å². The van der Waals surface area contributed by atoms with Crippen molar-refractivity contribution in [3.63, 3.8) is 0 Å². The minimum absolute atomic E-state index is 0.0170. The zero-order valence-corrected chi connectivity index (χ0v) is 17.6. The fourth-order valence-corrected chi connectivity index (χ4v) is 3.78. The first-order valence-electron chi connectivity index (χ1n) is 10.0. The molecule has 3 N–H and O–H groups in total. The van der Waals surface area contributed by atoms with E-state index >= 15 is 0 Å². The predicted molar refractivity (Wildman–Crippen MR) is 119 cm³/mol. The molecule has 2 aromatic carbocycles. The van der Waals surface area contributed by atoms with Gasteiger partial charge in [0.25, 0.3) is 0 Å². The van der Waals surface area contributed by atoms with E-state index in [0.29, 0.717) is 36.3 Å². The van der Waals surface area contributed by atoms with Crippen molar-refractivity contribution in [3.05, 3.63) is 59.4 Å². The molecule has 0 aliphatic carbocycles. The highest BCUT2D eigenvalue weighted by molar-refractivity contribution is 6.59. The smallest absolute Gasteiger partial charge is 0.423 e. The average molecular weight is 422 g/mol. The largest absolute Gasteiger partial charge is 0.488 e. The van der Waals surface area contributed by atoms with Gasteiger partial charge in [-0.3, -0.25) is 0 Å². The van der Waals surface area contributed by atoms with Crippen LogP contribution in [-0.2, 0) is 13.0 Å². The van der Waals surface area contributed by atoms with Gasteiger partial charge < -0.3 is 25.2 Å². The number of nitrogens with one attached hydrogen (secondary N) is 1. The van der Waals surface area contributed by atoms with E-state index in [1.165, 1.54) is 12.1 Å². The van der Waals surface area contributed by atoms with E-state index in [-0.39, 0.29) is 11.9 Å². The Morgan fingerprint density at radius 1 is 1.16 bits per heavy atom. The molecule has 0 saturated heterocycles. The fraction of sp³-hybridized carbons (Fsp3) is 0.286. The van der Waals surface area contributed by atoms with Crippen LogP contribution in [0.3, 0.4) is 0 Å². The third kappa shape index (κ3) is 4.30. The van der Waals surface area contributed by atoms with Crippen LogP contribution >= 0.6 is 0 Å². The van der Waals surface area contributed by atoms with Gasteiger partial charge in [0, 0.05) is 32.4 Å². The number of hydrogen-bond acceptors (Lipinski definition) is 8. The number of hydrogen-bond donors (Lipinski definition) is 3. The molecular formula is C21H24BFN6O2. The van der Waals surface area contributed by atoms with E-state index < -0.39 is 7.12 Å². The minimum atomic E-state index is -1.54. The van der Waals surface area contributed by atoms with Crippen LogP contribution in [0.15, 0.2) is 42.5 Å². The van der Waals surface area contributed by atoms with Crippen molar-refractivity contribution in [1.29, 1.82) is 0 Å². The Hall–Kier alpha value is -3.24. The van der Waals surface area contributed by atoms with E-state index in [1.54, 1.807) is 23.1 Å². The Morgan fingerprint density at radius 2 is 1.94 bits per heavy atom. The molecule has 10 heteroatoms. The number of halogens is 1. The quantitative estimate of drug-likeness (QED) is 0.514. The summed E-state index contributed by atoms with van der Waals surface area (Å²) in [5.74, 6) is 1.01. The molecule has 1 aliphatic heterocycles. The molecule has 0 spiro atoms. The second-order valence-electron chi connectivity index (χ2n) is 7.78. The number of anilines is 4. The fourth-order valence-electron chi connectivity index (χ4n) is 3.78. The molecule has 8 nitrogen and oxygen atoms in total. The lowest BCUT2D eigenvalue weighted by Crippen LogP contribution is -2.32. The lowest BCUT2D eigenvalue weighted by Gasteiger charge is -2.24. The molecule has 4 rings (SSSR count). The van der Waals surface area contributed by atoms with E-state index in [9.17, 15) is 14.4 Å². The molecule has 0 bridgehead atoms. The van der Waals surface area contributed by atoms with Gasteiger partial charge in [0.1, 0.15) is 5.82 Å². The third-order valence-electron chi connectivity index (χ3n) is 5.23. The lowest BCUT2D eigenvalue weighted by atomic mass is 9.76. The Labute approximate surface area is 180 Å². The zero-order valence-electron chi connectivity index (χ0n) is 17.6. The average Bonchev–Trinajstić information content (AvgIpc) is 3.07. The zero-order chi connectivity index (χ0) is 22.1. The molecule has 160 valence electrons. The predicted octanol–water partition coefficient (Wildman–Crippen LogP) is 1.45. The summed E-state index contributed by atoms with van der Waals surface area (Å²) in [6.45, 7) is 2.40. The Balaban J connectivity index is 1.70. The van der Waals surface area contributed by atoms with Crippen LogP contribution in [-0.4, -0.2) is 52.3 Å². The molecule has 1 unspecified atom stereocenters. The maximum atomic E-state index is 13.5. The number of nitrogens with zero attached hydrogens (tertiary/aromatic N) is 5. The normalized spacial score (nSPS) is 15.0. The molecule has 0 radical (unpaired) electrons. The van der Waals surface area contributed by atoms with Gasteiger partial charge in [-0.15, -0.1) is 0 Å². The Bertz CT molecular complexity index is 1100. The summed E-state index contributed by atoms with van der Waals surface area (Å²) >= 11 is 0. The second-order valence-corrected chi connectivity index (χ2v) is 7.78. The van der Waals surface area contributed by atoms with E-state index in [0.717, 1.165) is 16.8 Å². The van der Waals surface area contributed by atoms with Gasteiger partial charge in [-0.1, -0.05) is 24.3 Å². The molecule has 2 heterocycles. The van der Waals surface area contributed by atoms with Gasteiger partial charge in [-0.2, -0.15) is 15.0 Å².